The van der Waals surface area contributed by atoms with E-state index in [9.17, 15) is 0 Å². The number of hydrogen-bond donors (Lipinski definition) is 0. The Morgan fingerprint density at radius 2 is 2.29 bits per heavy atom. The molecule has 0 unspecified atom stereocenters. The number of rotatable bonds is 6. The smallest absolute Gasteiger partial charge is 0.213 e. The topological polar surface area (TPSA) is 31.4 Å². The average Bonchev–Trinajstić information content (AvgIpc) is 2.25. The van der Waals surface area contributed by atoms with E-state index in [0.29, 0.717) is 25.0 Å². The molecule has 0 N–H and O–H groups in total. The molecule has 0 aliphatic rings. The van der Waals surface area contributed by atoms with E-state index in [4.69, 9.17) is 21.1 Å². The zero-order valence-corrected chi connectivity index (χ0v) is 8.96. The Kier molecular flexibility index (Phi) is 5.33. The Balaban J connectivity index is 2.34. The van der Waals surface area contributed by atoms with Gasteiger partial charge in [0.15, 0.2) is 0 Å². The van der Waals surface area contributed by atoms with Crippen LogP contribution in [0, 0.1) is 0 Å². The van der Waals surface area contributed by atoms with Crippen LogP contribution in [0.25, 0.3) is 0 Å². The Morgan fingerprint density at radius 1 is 1.43 bits per heavy atom. The highest BCUT2D eigenvalue weighted by molar-refractivity contribution is 6.17. The summed E-state index contributed by atoms with van der Waals surface area (Å²) in [6, 6.07) is 3.72. The number of methoxy groups -OCH3 is 1. The summed E-state index contributed by atoms with van der Waals surface area (Å²) in [5.74, 6) is 1.11. The maximum Gasteiger partial charge on any atom is 0.213 e. The molecule has 1 aromatic rings. The summed E-state index contributed by atoms with van der Waals surface area (Å²) in [4.78, 5) is 4.06. The molecular weight excluding hydrogens is 202 g/mol. The van der Waals surface area contributed by atoms with Gasteiger partial charge in [0.1, 0.15) is 0 Å². The number of hydrogen-bond acceptors (Lipinski definition) is 3. The van der Waals surface area contributed by atoms with Gasteiger partial charge in [0, 0.05) is 38.3 Å². The normalized spacial score (nSPS) is 10.1. The van der Waals surface area contributed by atoms with Gasteiger partial charge in [0.2, 0.25) is 5.88 Å². The maximum absolute atomic E-state index is 5.68. The molecule has 0 aliphatic heterocycles. The Hall–Kier alpha value is -0.800. The van der Waals surface area contributed by atoms with Crippen LogP contribution in [0.1, 0.15) is 12.0 Å². The quantitative estimate of drug-likeness (QED) is 0.539. The van der Waals surface area contributed by atoms with Gasteiger partial charge in [-0.15, -0.1) is 11.6 Å². The molecule has 0 saturated carbocycles. The van der Waals surface area contributed by atoms with E-state index in [0.717, 1.165) is 12.0 Å². The molecular formula is C10H14ClNO2. The van der Waals surface area contributed by atoms with Crippen molar-refractivity contribution in [3.05, 3.63) is 23.9 Å². The van der Waals surface area contributed by atoms with Crippen molar-refractivity contribution < 1.29 is 9.47 Å². The van der Waals surface area contributed by atoms with Gasteiger partial charge >= 0.3 is 0 Å². The molecule has 0 amide bonds. The fraction of sp³-hybridized carbons (Fsp3) is 0.500. The molecule has 78 valence electrons. The van der Waals surface area contributed by atoms with Crippen molar-refractivity contribution in [3.63, 3.8) is 0 Å². The largest absolute Gasteiger partial charge is 0.478 e. The van der Waals surface area contributed by atoms with Crippen molar-refractivity contribution >= 4 is 11.6 Å². The van der Waals surface area contributed by atoms with Crippen molar-refractivity contribution in [3.8, 4) is 5.88 Å². The third-order valence-corrected chi connectivity index (χ3v) is 2.00. The summed E-state index contributed by atoms with van der Waals surface area (Å²) in [5, 5.41) is 0. The van der Waals surface area contributed by atoms with Crippen molar-refractivity contribution in [1.29, 1.82) is 0 Å². The van der Waals surface area contributed by atoms with Crippen molar-refractivity contribution in [2.24, 2.45) is 0 Å². The standard InChI is InChI=1S/C10H14ClNO2/c1-13-5-2-6-14-10-7-9(8-11)3-4-12-10/h3-4,7H,2,5-6,8H2,1H3. The van der Waals surface area contributed by atoms with E-state index in [1.807, 2.05) is 12.1 Å². The predicted molar refractivity (Wildman–Crippen MR) is 55.8 cm³/mol. The van der Waals surface area contributed by atoms with Gasteiger partial charge in [-0.2, -0.15) is 0 Å². The van der Waals surface area contributed by atoms with E-state index in [-0.39, 0.29) is 0 Å². The number of halogens is 1. The Bertz CT molecular complexity index is 268. The first-order chi connectivity index (χ1) is 6.86. The van der Waals surface area contributed by atoms with Crippen LogP contribution in [-0.4, -0.2) is 25.3 Å². The molecule has 0 bridgehead atoms. The van der Waals surface area contributed by atoms with Gasteiger partial charge in [0.25, 0.3) is 0 Å². The van der Waals surface area contributed by atoms with Gasteiger partial charge in [0.05, 0.1) is 6.61 Å². The highest BCUT2D eigenvalue weighted by Crippen LogP contribution is 2.11. The molecule has 3 nitrogen and oxygen atoms in total. The Morgan fingerprint density at radius 3 is 3.00 bits per heavy atom. The van der Waals surface area contributed by atoms with Crippen LogP contribution in [0.2, 0.25) is 0 Å². The van der Waals surface area contributed by atoms with Crippen LogP contribution < -0.4 is 4.74 Å². The predicted octanol–water partition coefficient (Wildman–Crippen LogP) is 2.24. The molecule has 0 atom stereocenters. The lowest BCUT2D eigenvalue weighted by molar-refractivity contribution is 0.170. The lowest BCUT2D eigenvalue weighted by Gasteiger charge is -2.05. The molecule has 1 rings (SSSR count). The van der Waals surface area contributed by atoms with Crippen LogP contribution >= 0.6 is 11.6 Å². The van der Waals surface area contributed by atoms with Gasteiger partial charge < -0.3 is 9.47 Å². The highest BCUT2D eigenvalue weighted by Gasteiger charge is 1.96. The molecule has 1 aromatic heterocycles. The van der Waals surface area contributed by atoms with Crippen molar-refractivity contribution in [1.82, 2.24) is 4.98 Å². The van der Waals surface area contributed by atoms with Crippen LogP contribution in [-0.2, 0) is 10.6 Å². The lowest BCUT2D eigenvalue weighted by atomic mass is 10.3. The molecule has 1 heterocycles. The minimum absolute atomic E-state index is 0.483. The number of pyridine rings is 1. The van der Waals surface area contributed by atoms with E-state index in [2.05, 4.69) is 4.98 Å². The zero-order chi connectivity index (χ0) is 10.2. The second-order valence-corrected chi connectivity index (χ2v) is 3.10. The van der Waals surface area contributed by atoms with Crippen LogP contribution in [0.3, 0.4) is 0 Å². The van der Waals surface area contributed by atoms with Gasteiger partial charge in [-0.05, 0) is 11.6 Å². The summed E-state index contributed by atoms with van der Waals surface area (Å²) in [6.45, 7) is 1.32. The van der Waals surface area contributed by atoms with Crippen LogP contribution in [0.5, 0.6) is 5.88 Å². The van der Waals surface area contributed by atoms with Crippen molar-refractivity contribution in [2.45, 2.75) is 12.3 Å². The first-order valence-corrected chi connectivity index (χ1v) is 5.03. The number of aromatic nitrogens is 1. The zero-order valence-electron chi connectivity index (χ0n) is 8.20. The molecule has 0 aliphatic carbocycles. The van der Waals surface area contributed by atoms with E-state index in [1.54, 1.807) is 13.3 Å². The lowest BCUT2D eigenvalue weighted by Crippen LogP contribution is -2.02. The maximum atomic E-state index is 5.68. The fourth-order valence-corrected chi connectivity index (χ4v) is 1.16. The number of ether oxygens (including phenoxy) is 2. The minimum atomic E-state index is 0.483. The molecule has 0 fully saturated rings. The van der Waals surface area contributed by atoms with Gasteiger partial charge in [-0.1, -0.05) is 0 Å². The average molecular weight is 216 g/mol. The second-order valence-electron chi connectivity index (χ2n) is 2.83. The molecule has 4 heteroatoms. The first-order valence-electron chi connectivity index (χ1n) is 4.49. The van der Waals surface area contributed by atoms with Crippen LogP contribution in [0.15, 0.2) is 18.3 Å². The van der Waals surface area contributed by atoms with E-state index >= 15 is 0 Å². The third kappa shape index (κ3) is 3.94. The monoisotopic (exact) mass is 215 g/mol. The summed E-state index contributed by atoms with van der Waals surface area (Å²) < 4.78 is 10.3. The SMILES string of the molecule is COCCCOc1cc(CCl)ccn1. The molecule has 14 heavy (non-hydrogen) atoms. The van der Waals surface area contributed by atoms with E-state index < -0.39 is 0 Å². The van der Waals surface area contributed by atoms with Gasteiger partial charge in [-0.25, -0.2) is 4.98 Å². The number of alkyl halides is 1. The summed E-state index contributed by atoms with van der Waals surface area (Å²) >= 11 is 5.68. The summed E-state index contributed by atoms with van der Waals surface area (Å²) in [5.41, 5.74) is 1.02. The molecule has 0 aromatic carbocycles. The van der Waals surface area contributed by atoms with Crippen LogP contribution in [0.4, 0.5) is 0 Å². The molecule has 0 saturated heterocycles. The molecule has 0 radical (unpaired) electrons. The van der Waals surface area contributed by atoms with Crippen molar-refractivity contribution in [2.75, 3.05) is 20.3 Å². The van der Waals surface area contributed by atoms with Gasteiger partial charge in [-0.3, -0.25) is 0 Å². The molecule has 0 spiro atoms. The van der Waals surface area contributed by atoms with E-state index in [1.165, 1.54) is 0 Å². The number of nitrogens with zero attached hydrogens (tertiary/aromatic N) is 1. The summed E-state index contributed by atoms with van der Waals surface area (Å²) in [6.07, 6.45) is 2.56. The fourth-order valence-electron chi connectivity index (χ4n) is 0.993. The highest BCUT2D eigenvalue weighted by atomic mass is 35.5. The minimum Gasteiger partial charge on any atom is -0.478 e. The Labute approximate surface area is 89.0 Å². The second kappa shape index (κ2) is 6.62. The summed E-state index contributed by atoms with van der Waals surface area (Å²) in [7, 11) is 1.67. The third-order valence-electron chi connectivity index (χ3n) is 1.70. The first kappa shape index (κ1) is 11.3.